The Morgan fingerprint density at radius 3 is 2.67 bits per heavy atom. The van der Waals surface area contributed by atoms with Crippen molar-refractivity contribution in [3.8, 4) is 0 Å². The number of ketones is 1. The van der Waals surface area contributed by atoms with Gasteiger partial charge in [0.05, 0.1) is 5.02 Å². The van der Waals surface area contributed by atoms with Crippen LogP contribution in [-0.4, -0.2) is 5.78 Å². The molecule has 2 rings (SSSR count). The number of carbonyl (C=O) groups excluding carboxylic acids is 1. The van der Waals surface area contributed by atoms with Crippen molar-refractivity contribution in [1.29, 1.82) is 0 Å². The minimum atomic E-state index is 0.0703. The number of carbonyl (C=O) groups is 1. The van der Waals surface area contributed by atoms with Gasteiger partial charge in [0.15, 0.2) is 5.78 Å². The second-order valence-electron chi connectivity index (χ2n) is 4.11. The SMILES string of the molecule is CC(C(=O)c1cc(Cl)ccc1Cl)C1CC1. The predicted molar refractivity (Wildman–Crippen MR) is 62.7 cm³/mol. The molecule has 1 aliphatic carbocycles. The lowest BCUT2D eigenvalue weighted by Gasteiger charge is -2.10. The molecule has 0 saturated heterocycles. The summed E-state index contributed by atoms with van der Waals surface area (Å²) >= 11 is 11.8. The number of hydrogen-bond donors (Lipinski definition) is 0. The molecule has 0 aliphatic heterocycles. The van der Waals surface area contributed by atoms with Crippen LogP contribution in [0.15, 0.2) is 18.2 Å². The smallest absolute Gasteiger partial charge is 0.167 e. The standard InChI is InChI=1S/C12H12Cl2O/c1-7(8-2-3-8)12(15)10-6-9(13)4-5-11(10)14/h4-8H,2-3H2,1H3. The van der Waals surface area contributed by atoms with E-state index in [0.717, 1.165) is 12.8 Å². The molecule has 1 atom stereocenters. The molecule has 0 spiro atoms. The van der Waals surface area contributed by atoms with Gasteiger partial charge in [0.1, 0.15) is 0 Å². The summed E-state index contributed by atoms with van der Waals surface area (Å²) in [7, 11) is 0. The van der Waals surface area contributed by atoms with E-state index < -0.39 is 0 Å². The van der Waals surface area contributed by atoms with Gasteiger partial charge in [-0.1, -0.05) is 30.1 Å². The van der Waals surface area contributed by atoms with Crippen molar-refractivity contribution in [2.45, 2.75) is 19.8 Å². The van der Waals surface area contributed by atoms with E-state index in [9.17, 15) is 4.79 Å². The van der Waals surface area contributed by atoms with E-state index >= 15 is 0 Å². The monoisotopic (exact) mass is 242 g/mol. The van der Waals surface area contributed by atoms with Gasteiger partial charge in [-0.05, 0) is 37.0 Å². The molecule has 0 aromatic heterocycles. The van der Waals surface area contributed by atoms with E-state index in [-0.39, 0.29) is 11.7 Å². The van der Waals surface area contributed by atoms with Crippen LogP contribution in [0.25, 0.3) is 0 Å². The number of benzene rings is 1. The summed E-state index contributed by atoms with van der Waals surface area (Å²) < 4.78 is 0. The molecule has 0 heterocycles. The highest BCUT2D eigenvalue weighted by Crippen LogP contribution is 2.39. The minimum absolute atomic E-state index is 0.0703. The minimum Gasteiger partial charge on any atom is -0.294 e. The maximum Gasteiger partial charge on any atom is 0.167 e. The molecular weight excluding hydrogens is 231 g/mol. The predicted octanol–water partition coefficient (Wildman–Crippen LogP) is 4.22. The largest absolute Gasteiger partial charge is 0.294 e. The highest BCUT2D eigenvalue weighted by Gasteiger charge is 2.33. The molecule has 1 fully saturated rings. The molecule has 0 amide bonds. The van der Waals surface area contributed by atoms with Crippen LogP contribution in [0, 0.1) is 11.8 Å². The Hall–Kier alpha value is -0.530. The van der Waals surface area contributed by atoms with Gasteiger partial charge in [0.25, 0.3) is 0 Å². The number of halogens is 2. The molecule has 3 heteroatoms. The third kappa shape index (κ3) is 2.35. The Morgan fingerprint density at radius 2 is 2.07 bits per heavy atom. The normalized spacial score (nSPS) is 17.5. The molecule has 1 saturated carbocycles. The van der Waals surface area contributed by atoms with Crippen molar-refractivity contribution in [1.82, 2.24) is 0 Å². The summed E-state index contributed by atoms with van der Waals surface area (Å²) in [6.45, 7) is 1.97. The maximum atomic E-state index is 12.1. The van der Waals surface area contributed by atoms with Gasteiger partial charge in [0.2, 0.25) is 0 Å². The van der Waals surface area contributed by atoms with Crippen molar-refractivity contribution in [3.05, 3.63) is 33.8 Å². The highest BCUT2D eigenvalue weighted by molar-refractivity contribution is 6.36. The molecule has 1 nitrogen and oxygen atoms in total. The van der Waals surface area contributed by atoms with Crippen molar-refractivity contribution in [3.63, 3.8) is 0 Å². The van der Waals surface area contributed by atoms with E-state index in [1.165, 1.54) is 0 Å². The second kappa shape index (κ2) is 4.15. The Morgan fingerprint density at radius 1 is 1.40 bits per heavy atom. The van der Waals surface area contributed by atoms with Gasteiger partial charge < -0.3 is 0 Å². The third-order valence-corrected chi connectivity index (χ3v) is 3.50. The van der Waals surface area contributed by atoms with Gasteiger partial charge in [0, 0.05) is 16.5 Å². The van der Waals surface area contributed by atoms with Crippen molar-refractivity contribution in [2.75, 3.05) is 0 Å². The zero-order valence-electron chi connectivity index (χ0n) is 8.47. The Kier molecular flexibility index (Phi) is 3.03. The first-order valence-electron chi connectivity index (χ1n) is 5.09. The summed E-state index contributed by atoms with van der Waals surface area (Å²) in [5.41, 5.74) is 0.559. The highest BCUT2D eigenvalue weighted by atomic mass is 35.5. The van der Waals surface area contributed by atoms with Crippen LogP contribution in [0.1, 0.15) is 30.1 Å². The first-order chi connectivity index (χ1) is 7.09. The van der Waals surface area contributed by atoms with Crippen LogP contribution in [0.2, 0.25) is 10.0 Å². The Labute approximate surface area is 99.4 Å². The first kappa shape index (κ1) is 11.0. The summed E-state index contributed by atoms with van der Waals surface area (Å²) in [5.74, 6) is 0.735. The van der Waals surface area contributed by atoms with Crippen molar-refractivity contribution < 1.29 is 4.79 Å². The summed E-state index contributed by atoms with van der Waals surface area (Å²) in [5, 5.41) is 1.06. The van der Waals surface area contributed by atoms with Crippen LogP contribution in [-0.2, 0) is 0 Å². The summed E-state index contributed by atoms with van der Waals surface area (Å²) in [4.78, 5) is 12.1. The quantitative estimate of drug-likeness (QED) is 0.726. The zero-order chi connectivity index (χ0) is 11.0. The van der Waals surface area contributed by atoms with Gasteiger partial charge in [-0.25, -0.2) is 0 Å². The van der Waals surface area contributed by atoms with E-state index in [2.05, 4.69) is 0 Å². The molecule has 0 bridgehead atoms. The molecule has 1 aromatic rings. The lowest BCUT2D eigenvalue weighted by Crippen LogP contribution is -2.13. The molecule has 1 aliphatic rings. The van der Waals surface area contributed by atoms with Gasteiger partial charge in [-0.2, -0.15) is 0 Å². The van der Waals surface area contributed by atoms with E-state index in [1.807, 2.05) is 6.92 Å². The fourth-order valence-electron chi connectivity index (χ4n) is 1.74. The molecule has 0 radical (unpaired) electrons. The molecule has 0 N–H and O–H groups in total. The molecule has 1 unspecified atom stereocenters. The van der Waals surface area contributed by atoms with Crippen LogP contribution in [0.5, 0.6) is 0 Å². The zero-order valence-corrected chi connectivity index (χ0v) is 9.98. The molecular formula is C12H12Cl2O. The number of rotatable bonds is 3. The van der Waals surface area contributed by atoms with E-state index in [0.29, 0.717) is 21.5 Å². The van der Waals surface area contributed by atoms with Crippen molar-refractivity contribution in [2.24, 2.45) is 11.8 Å². The summed E-state index contributed by atoms with van der Waals surface area (Å²) in [6.07, 6.45) is 2.32. The molecule has 80 valence electrons. The van der Waals surface area contributed by atoms with Gasteiger partial charge in [-0.3, -0.25) is 4.79 Å². The lowest BCUT2D eigenvalue weighted by molar-refractivity contribution is 0.0916. The first-order valence-corrected chi connectivity index (χ1v) is 5.84. The van der Waals surface area contributed by atoms with Crippen LogP contribution < -0.4 is 0 Å². The fraction of sp³-hybridized carbons (Fsp3) is 0.417. The average Bonchev–Trinajstić information content (AvgIpc) is 3.03. The van der Waals surface area contributed by atoms with Gasteiger partial charge in [-0.15, -0.1) is 0 Å². The van der Waals surface area contributed by atoms with Gasteiger partial charge >= 0.3 is 0 Å². The Bertz CT molecular complexity index is 397. The van der Waals surface area contributed by atoms with E-state index in [1.54, 1.807) is 18.2 Å². The lowest BCUT2D eigenvalue weighted by atomic mass is 9.95. The van der Waals surface area contributed by atoms with Crippen LogP contribution in [0.3, 0.4) is 0 Å². The Balaban J connectivity index is 2.27. The summed E-state index contributed by atoms with van der Waals surface area (Å²) in [6, 6.07) is 5.03. The fourth-order valence-corrected chi connectivity index (χ4v) is 2.12. The maximum absolute atomic E-state index is 12.1. The average molecular weight is 243 g/mol. The molecule has 15 heavy (non-hydrogen) atoms. The van der Waals surface area contributed by atoms with Crippen LogP contribution >= 0.6 is 23.2 Å². The number of hydrogen-bond acceptors (Lipinski definition) is 1. The van der Waals surface area contributed by atoms with Crippen LogP contribution in [0.4, 0.5) is 0 Å². The van der Waals surface area contributed by atoms with E-state index in [4.69, 9.17) is 23.2 Å². The second-order valence-corrected chi connectivity index (χ2v) is 4.96. The molecule has 1 aromatic carbocycles. The third-order valence-electron chi connectivity index (χ3n) is 2.94. The van der Waals surface area contributed by atoms with Crippen molar-refractivity contribution >= 4 is 29.0 Å². The topological polar surface area (TPSA) is 17.1 Å². The number of Topliss-reactive ketones (excluding diaryl/α,β-unsaturated/α-hetero) is 1.